The molecule has 2 rings (SSSR count). The molecule has 2 unspecified atom stereocenters. The number of carbonyl (C=O) groups is 1. The first kappa shape index (κ1) is 10.0. The molecule has 1 aliphatic carbocycles. The standard InChI is InChI=1S/C12H14O3/c1-8-7-10(8)11-5-3-9(15-11)4-6-12(13)14-2/h3-6,8,10H,7H2,1-2H3. The predicted molar refractivity (Wildman–Crippen MR) is 56.3 cm³/mol. The van der Waals surface area contributed by atoms with Gasteiger partial charge in [-0.1, -0.05) is 6.92 Å². The van der Waals surface area contributed by atoms with Crippen LogP contribution in [0.1, 0.15) is 30.8 Å². The number of esters is 1. The summed E-state index contributed by atoms with van der Waals surface area (Å²) in [6.07, 6.45) is 4.19. The van der Waals surface area contributed by atoms with E-state index in [0.29, 0.717) is 11.7 Å². The maximum atomic E-state index is 10.8. The van der Waals surface area contributed by atoms with E-state index in [9.17, 15) is 4.79 Å². The molecular formula is C12H14O3. The number of carbonyl (C=O) groups excluding carboxylic acids is 1. The Morgan fingerprint density at radius 3 is 2.93 bits per heavy atom. The highest BCUT2D eigenvalue weighted by molar-refractivity contribution is 5.86. The molecule has 1 saturated carbocycles. The molecule has 0 saturated heterocycles. The van der Waals surface area contributed by atoms with Gasteiger partial charge in [0.25, 0.3) is 0 Å². The molecule has 1 heterocycles. The number of furan rings is 1. The molecular weight excluding hydrogens is 192 g/mol. The van der Waals surface area contributed by atoms with E-state index < -0.39 is 0 Å². The first-order chi connectivity index (χ1) is 7.20. The van der Waals surface area contributed by atoms with Crippen molar-refractivity contribution in [3.05, 3.63) is 29.7 Å². The number of rotatable bonds is 3. The van der Waals surface area contributed by atoms with Crippen molar-refractivity contribution < 1.29 is 13.9 Å². The lowest BCUT2D eigenvalue weighted by Crippen LogP contribution is -1.92. The monoisotopic (exact) mass is 206 g/mol. The number of ether oxygens (including phenoxy) is 1. The summed E-state index contributed by atoms with van der Waals surface area (Å²) in [5.74, 6) is 2.66. The molecule has 1 aromatic heterocycles. The van der Waals surface area contributed by atoms with Crippen molar-refractivity contribution in [3.63, 3.8) is 0 Å². The Kier molecular flexibility index (Phi) is 2.62. The largest absolute Gasteiger partial charge is 0.466 e. The molecule has 0 radical (unpaired) electrons. The van der Waals surface area contributed by atoms with Gasteiger partial charge < -0.3 is 9.15 Å². The lowest BCUT2D eigenvalue weighted by molar-refractivity contribution is -0.134. The van der Waals surface area contributed by atoms with Crippen LogP contribution in [0, 0.1) is 5.92 Å². The minimum atomic E-state index is -0.368. The van der Waals surface area contributed by atoms with Crippen LogP contribution in [-0.2, 0) is 9.53 Å². The van der Waals surface area contributed by atoms with E-state index in [2.05, 4.69) is 11.7 Å². The molecule has 1 fully saturated rings. The van der Waals surface area contributed by atoms with E-state index in [1.807, 2.05) is 12.1 Å². The highest BCUT2D eigenvalue weighted by Crippen LogP contribution is 2.47. The van der Waals surface area contributed by atoms with Crippen LogP contribution in [0.5, 0.6) is 0 Å². The number of hydrogen-bond acceptors (Lipinski definition) is 3. The Morgan fingerprint density at radius 2 is 2.33 bits per heavy atom. The zero-order valence-corrected chi connectivity index (χ0v) is 8.90. The molecule has 0 aliphatic heterocycles. The lowest BCUT2D eigenvalue weighted by atomic mass is 10.3. The summed E-state index contributed by atoms with van der Waals surface area (Å²) < 4.78 is 10.1. The van der Waals surface area contributed by atoms with E-state index >= 15 is 0 Å². The van der Waals surface area contributed by atoms with E-state index in [4.69, 9.17) is 4.42 Å². The summed E-state index contributed by atoms with van der Waals surface area (Å²) in [5.41, 5.74) is 0. The van der Waals surface area contributed by atoms with Gasteiger partial charge in [-0.05, 0) is 30.5 Å². The van der Waals surface area contributed by atoms with Crippen LogP contribution in [0.3, 0.4) is 0 Å². The SMILES string of the molecule is COC(=O)C=Cc1ccc(C2CC2C)o1. The van der Waals surface area contributed by atoms with Crippen molar-refractivity contribution >= 4 is 12.0 Å². The van der Waals surface area contributed by atoms with Gasteiger partial charge in [-0.15, -0.1) is 0 Å². The Morgan fingerprint density at radius 1 is 1.60 bits per heavy atom. The van der Waals surface area contributed by atoms with Gasteiger partial charge in [-0.2, -0.15) is 0 Å². The zero-order valence-electron chi connectivity index (χ0n) is 8.90. The highest BCUT2D eigenvalue weighted by Gasteiger charge is 2.36. The smallest absolute Gasteiger partial charge is 0.330 e. The van der Waals surface area contributed by atoms with Crippen molar-refractivity contribution in [2.24, 2.45) is 5.92 Å². The van der Waals surface area contributed by atoms with Crippen LogP contribution in [0.15, 0.2) is 22.6 Å². The molecule has 0 aromatic carbocycles. The molecule has 0 spiro atoms. The van der Waals surface area contributed by atoms with E-state index in [1.54, 1.807) is 6.08 Å². The average molecular weight is 206 g/mol. The molecule has 3 nitrogen and oxygen atoms in total. The second-order valence-electron chi connectivity index (χ2n) is 3.92. The first-order valence-electron chi connectivity index (χ1n) is 5.06. The van der Waals surface area contributed by atoms with Gasteiger partial charge in [0.2, 0.25) is 0 Å². The summed E-state index contributed by atoms with van der Waals surface area (Å²) in [6, 6.07) is 3.85. The fourth-order valence-corrected chi connectivity index (χ4v) is 1.59. The molecule has 1 aromatic rings. The molecule has 3 heteroatoms. The maximum absolute atomic E-state index is 10.8. The second kappa shape index (κ2) is 3.93. The number of hydrogen-bond donors (Lipinski definition) is 0. The Bertz CT molecular complexity index is 389. The van der Waals surface area contributed by atoms with Crippen LogP contribution >= 0.6 is 0 Å². The quantitative estimate of drug-likeness (QED) is 0.563. The van der Waals surface area contributed by atoms with E-state index in [-0.39, 0.29) is 5.97 Å². The minimum absolute atomic E-state index is 0.368. The molecule has 0 bridgehead atoms. The molecule has 0 amide bonds. The Labute approximate surface area is 88.7 Å². The van der Waals surface area contributed by atoms with Crippen molar-refractivity contribution in [1.29, 1.82) is 0 Å². The predicted octanol–water partition coefficient (Wildman–Crippen LogP) is 2.59. The maximum Gasteiger partial charge on any atom is 0.330 e. The minimum Gasteiger partial charge on any atom is -0.466 e. The molecule has 2 atom stereocenters. The summed E-state index contributed by atoms with van der Waals surface area (Å²) >= 11 is 0. The van der Waals surface area contributed by atoms with E-state index in [1.165, 1.54) is 19.6 Å². The first-order valence-corrected chi connectivity index (χ1v) is 5.06. The fourth-order valence-electron chi connectivity index (χ4n) is 1.59. The zero-order chi connectivity index (χ0) is 10.8. The topological polar surface area (TPSA) is 39.4 Å². The lowest BCUT2D eigenvalue weighted by Gasteiger charge is -1.90. The van der Waals surface area contributed by atoms with Crippen molar-refractivity contribution in [3.8, 4) is 0 Å². The fraction of sp³-hybridized carbons (Fsp3) is 0.417. The van der Waals surface area contributed by atoms with Crippen molar-refractivity contribution in [1.82, 2.24) is 0 Å². The van der Waals surface area contributed by atoms with Crippen LogP contribution in [0.2, 0.25) is 0 Å². The highest BCUT2D eigenvalue weighted by atomic mass is 16.5. The normalized spacial score (nSPS) is 24.4. The van der Waals surface area contributed by atoms with Crippen LogP contribution < -0.4 is 0 Å². The van der Waals surface area contributed by atoms with Crippen molar-refractivity contribution in [2.45, 2.75) is 19.3 Å². The van der Waals surface area contributed by atoms with Gasteiger partial charge in [0.1, 0.15) is 11.5 Å². The van der Waals surface area contributed by atoms with Gasteiger partial charge >= 0.3 is 5.97 Å². The van der Waals surface area contributed by atoms with Gasteiger partial charge in [0.15, 0.2) is 0 Å². The van der Waals surface area contributed by atoms with Gasteiger partial charge in [0, 0.05) is 12.0 Å². The summed E-state index contributed by atoms with van der Waals surface area (Å²) in [7, 11) is 1.35. The number of methoxy groups -OCH3 is 1. The van der Waals surface area contributed by atoms with Gasteiger partial charge in [-0.3, -0.25) is 0 Å². The third-order valence-electron chi connectivity index (χ3n) is 2.71. The summed E-state index contributed by atoms with van der Waals surface area (Å²) in [6.45, 7) is 2.21. The Balaban J connectivity index is 2.01. The molecule has 80 valence electrons. The van der Waals surface area contributed by atoms with Crippen LogP contribution in [-0.4, -0.2) is 13.1 Å². The summed E-state index contributed by atoms with van der Waals surface area (Å²) in [4.78, 5) is 10.8. The van der Waals surface area contributed by atoms with Gasteiger partial charge in [-0.25, -0.2) is 4.79 Å². The second-order valence-corrected chi connectivity index (χ2v) is 3.92. The third kappa shape index (κ3) is 2.29. The van der Waals surface area contributed by atoms with Crippen LogP contribution in [0.25, 0.3) is 6.08 Å². The van der Waals surface area contributed by atoms with E-state index in [0.717, 1.165) is 11.7 Å². The molecule has 0 N–H and O–H groups in total. The Hall–Kier alpha value is -1.51. The van der Waals surface area contributed by atoms with Crippen molar-refractivity contribution in [2.75, 3.05) is 7.11 Å². The van der Waals surface area contributed by atoms with Gasteiger partial charge in [0.05, 0.1) is 7.11 Å². The molecule has 1 aliphatic rings. The molecule has 15 heavy (non-hydrogen) atoms. The van der Waals surface area contributed by atoms with Crippen LogP contribution in [0.4, 0.5) is 0 Å². The third-order valence-corrected chi connectivity index (χ3v) is 2.71. The average Bonchev–Trinajstić information content (AvgIpc) is 2.80. The summed E-state index contributed by atoms with van der Waals surface area (Å²) in [5, 5.41) is 0.